The molecule has 1 aromatic carbocycles. The molecule has 3 rings (SSSR count). The van der Waals surface area contributed by atoms with Gasteiger partial charge in [0.15, 0.2) is 0 Å². The van der Waals surface area contributed by atoms with Crippen molar-refractivity contribution in [1.29, 1.82) is 0 Å². The van der Waals surface area contributed by atoms with Gasteiger partial charge in [-0.05, 0) is 50.3 Å². The summed E-state index contributed by atoms with van der Waals surface area (Å²) < 4.78 is 1.96. The molecule has 1 aromatic heterocycles. The number of nitrogens with zero attached hydrogens (tertiary/aromatic N) is 2. The molecule has 106 valence electrons. The maximum Gasteiger partial charge on any atom is 0.0674 e. The minimum Gasteiger partial charge on any atom is -0.310 e. The van der Waals surface area contributed by atoms with E-state index in [1.165, 1.54) is 40.8 Å². The van der Waals surface area contributed by atoms with Crippen molar-refractivity contribution in [3.63, 3.8) is 0 Å². The second kappa shape index (κ2) is 5.06. The Labute approximate surface area is 121 Å². The van der Waals surface area contributed by atoms with Gasteiger partial charge in [-0.2, -0.15) is 5.10 Å². The van der Waals surface area contributed by atoms with Crippen LogP contribution in [-0.2, 0) is 13.6 Å². The Kier molecular flexibility index (Phi) is 3.38. The summed E-state index contributed by atoms with van der Waals surface area (Å²) >= 11 is 0. The van der Waals surface area contributed by atoms with Gasteiger partial charge in [-0.1, -0.05) is 18.2 Å². The van der Waals surface area contributed by atoms with Gasteiger partial charge in [-0.15, -0.1) is 0 Å². The monoisotopic (exact) mass is 269 g/mol. The number of aryl methyl sites for hydroxylation is 3. The van der Waals surface area contributed by atoms with Gasteiger partial charge < -0.3 is 5.32 Å². The van der Waals surface area contributed by atoms with E-state index in [0.717, 1.165) is 18.3 Å². The predicted octanol–water partition coefficient (Wildman–Crippen LogP) is 3.26. The number of hydrogen-bond donors (Lipinski definition) is 1. The zero-order valence-corrected chi connectivity index (χ0v) is 12.8. The molecule has 0 atom stereocenters. The Hall–Kier alpha value is -1.61. The lowest BCUT2D eigenvalue weighted by molar-refractivity contribution is 0.687. The normalized spacial score (nSPS) is 14.8. The molecule has 3 heteroatoms. The molecule has 0 amide bonds. The van der Waals surface area contributed by atoms with Crippen LogP contribution in [0.2, 0.25) is 0 Å². The van der Waals surface area contributed by atoms with E-state index in [9.17, 15) is 0 Å². The SMILES string of the molecule is Cc1cc(CNC2CC2)ccc1-c1c(C)nn(C)c1C. The Balaban J connectivity index is 1.89. The molecular formula is C17H23N3. The summed E-state index contributed by atoms with van der Waals surface area (Å²) in [6, 6.07) is 7.55. The highest BCUT2D eigenvalue weighted by molar-refractivity contribution is 5.71. The quantitative estimate of drug-likeness (QED) is 0.923. The van der Waals surface area contributed by atoms with Gasteiger partial charge in [-0.3, -0.25) is 4.68 Å². The fourth-order valence-corrected chi connectivity index (χ4v) is 2.83. The average Bonchev–Trinajstić information content (AvgIpc) is 3.18. The van der Waals surface area contributed by atoms with Gasteiger partial charge in [0.25, 0.3) is 0 Å². The Morgan fingerprint density at radius 3 is 2.55 bits per heavy atom. The standard InChI is InChI=1S/C17H23N3/c1-11-9-14(10-18-15-6-7-15)5-8-16(11)17-12(2)19-20(4)13(17)3/h5,8-9,15,18H,6-7,10H2,1-4H3. The molecule has 1 saturated carbocycles. The lowest BCUT2D eigenvalue weighted by Gasteiger charge is -2.10. The van der Waals surface area contributed by atoms with Crippen LogP contribution in [0.4, 0.5) is 0 Å². The van der Waals surface area contributed by atoms with Crippen molar-refractivity contribution in [2.45, 2.75) is 46.2 Å². The first-order chi connectivity index (χ1) is 9.56. The van der Waals surface area contributed by atoms with Crippen LogP contribution in [0.15, 0.2) is 18.2 Å². The fourth-order valence-electron chi connectivity index (χ4n) is 2.83. The summed E-state index contributed by atoms with van der Waals surface area (Å²) in [7, 11) is 2.01. The van der Waals surface area contributed by atoms with Crippen molar-refractivity contribution in [3.05, 3.63) is 40.7 Å². The highest BCUT2D eigenvalue weighted by Gasteiger charge is 2.20. The molecular weight excluding hydrogens is 246 g/mol. The molecule has 1 aliphatic rings. The summed E-state index contributed by atoms with van der Waals surface area (Å²) in [4.78, 5) is 0. The number of hydrogen-bond acceptors (Lipinski definition) is 2. The van der Waals surface area contributed by atoms with Crippen LogP contribution in [0.5, 0.6) is 0 Å². The molecule has 1 fully saturated rings. The van der Waals surface area contributed by atoms with Crippen LogP contribution in [0.25, 0.3) is 11.1 Å². The van der Waals surface area contributed by atoms with Crippen molar-refractivity contribution >= 4 is 0 Å². The molecule has 0 unspecified atom stereocenters. The highest BCUT2D eigenvalue weighted by atomic mass is 15.3. The molecule has 2 aromatic rings. The van der Waals surface area contributed by atoms with E-state index in [-0.39, 0.29) is 0 Å². The minimum atomic E-state index is 0.762. The van der Waals surface area contributed by atoms with Crippen molar-refractivity contribution in [2.24, 2.45) is 7.05 Å². The number of nitrogens with one attached hydrogen (secondary N) is 1. The van der Waals surface area contributed by atoms with E-state index in [4.69, 9.17) is 0 Å². The first kappa shape index (κ1) is 13.4. The van der Waals surface area contributed by atoms with E-state index >= 15 is 0 Å². The van der Waals surface area contributed by atoms with Gasteiger partial charge in [0, 0.05) is 30.9 Å². The van der Waals surface area contributed by atoms with Crippen LogP contribution in [-0.4, -0.2) is 15.8 Å². The lowest BCUT2D eigenvalue weighted by atomic mass is 9.97. The Bertz CT molecular complexity index is 636. The van der Waals surface area contributed by atoms with Crippen molar-refractivity contribution in [3.8, 4) is 11.1 Å². The van der Waals surface area contributed by atoms with Gasteiger partial charge in [0.2, 0.25) is 0 Å². The zero-order valence-electron chi connectivity index (χ0n) is 12.8. The predicted molar refractivity (Wildman–Crippen MR) is 82.7 cm³/mol. The smallest absolute Gasteiger partial charge is 0.0674 e. The van der Waals surface area contributed by atoms with Crippen molar-refractivity contribution in [2.75, 3.05) is 0 Å². The van der Waals surface area contributed by atoms with Crippen LogP contribution in [0.3, 0.4) is 0 Å². The number of aromatic nitrogens is 2. The molecule has 0 aliphatic heterocycles. The molecule has 0 radical (unpaired) electrons. The largest absolute Gasteiger partial charge is 0.310 e. The third kappa shape index (κ3) is 2.50. The first-order valence-corrected chi connectivity index (χ1v) is 7.39. The number of rotatable bonds is 4. The summed E-state index contributed by atoms with van der Waals surface area (Å²) in [6.45, 7) is 7.40. The van der Waals surface area contributed by atoms with E-state index in [0.29, 0.717) is 0 Å². The van der Waals surface area contributed by atoms with Gasteiger partial charge in [-0.25, -0.2) is 0 Å². The maximum atomic E-state index is 4.52. The molecule has 0 saturated heterocycles. The molecule has 3 nitrogen and oxygen atoms in total. The maximum absolute atomic E-state index is 4.52. The molecule has 20 heavy (non-hydrogen) atoms. The summed E-state index contributed by atoms with van der Waals surface area (Å²) in [5.74, 6) is 0. The van der Waals surface area contributed by atoms with E-state index in [1.807, 2.05) is 11.7 Å². The second-order valence-electron chi connectivity index (χ2n) is 5.97. The van der Waals surface area contributed by atoms with Gasteiger partial charge >= 0.3 is 0 Å². The van der Waals surface area contributed by atoms with Crippen LogP contribution >= 0.6 is 0 Å². The molecule has 0 bridgehead atoms. The average molecular weight is 269 g/mol. The Morgan fingerprint density at radius 1 is 1.25 bits per heavy atom. The Morgan fingerprint density at radius 2 is 2.00 bits per heavy atom. The molecule has 0 spiro atoms. The first-order valence-electron chi connectivity index (χ1n) is 7.39. The van der Waals surface area contributed by atoms with Crippen molar-refractivity contribution < 1.29 is 0 Å². The van der Waals surface area contributed by atoms with Gasteiger partial charge in [0.05, 0.1) is 5.69 Å². The third-order valence-electron chi connectivity index (χ3n) is 4.24. The summed E-state index contributed by atoms with van der Waals surface area (Å²) in [5, 5.41) is 8.09. The van der Waals surface area contributed by atoms with E-state index in [2.05, 4.69) is 49.4 Å². The van der Waals surface area contributed by atoms with Gasteiger partial charge in [0.1, 0.15) is 0 Å². The van der Waals surface area contributed by atoms with Crippen LogP contribution in [0.1, 0.15) is 35.4 Å². The van der Waals surface area contributed by atoms with E-state index < -0.39 is 0 Å². The molecule has 1 aliphatic carbocycles. The fraction of sp³-hybridized carbons (Fsp3) is 0.471. The topological polar surface area (TPSA) is 29.9 Å². The molecule has 1 heterocycles. The van der Waals surface area contributed by atoms with Crippen molar-refractivity contribution in [1.82, 2.24) is 15.1 Å². The van der Waals surface area contributed by atoms with Crippen LogP contribution < -0.4 is 5.32 Å². The minimum absolute atomic E-state index is 0.762. The number of benzene rings is 1. The summed E-state index contributed by atoms with van der Waals surface area (Å²) in [5.41, 5.74) is 7.64. The second-order valence-corrected chi connectivity index (χ2v) is 5.97. The zero-order chi connectivity index (χ0) is 14.3. The lowest BCUT2D eigenvalue weighted by Crippen LogP contribution is -2.15. The summed E-state index contributed by atoms with van der Waals surface area (Å²) in [6.07, 6.45) is 2.68. The molecule has 1 N–H and O–H groups in total. The third-order valence-corrected chi connectivity index (χ3v) is 4.24. The highest BCUT2D eigenvalue weighted by Crippen LogP contribution is 2.30. The van der Waals surface area contributed by atoms with E-state index in [1.54, 1.807) is 0 Å². The van der Waals surface area contributed by atoms with Crippen LogP contribution in [0, 0.1) is 20.8 Å².